The van der Waals surface area contributed by atoms with Gasteiger partial charge in [-0.05, 0) is 12.5 Å². The molecule has 0 bridgehead atoms. The van der Waals surface area contributed by atoms with Crippen LogP contribution in [0.5, 0.6) is 5.75 Å². The van der Waals surface area contributed by atoms with E-state index >= 15 is 0 Å². The number of nitrogens with two attached hydrogens (primary N) is 1. The van der Waals surface area contributed by atoms with Crippen LogP contribution >= 0.6 is 0 Å². The van der Waals surface area contributed by atoms with E-state index in [9.17, 15) is 9.59 Å². The van der Waals surface area contributed by atoms with Gasteiger partial charge in [0.25, 0.3) is 11.5 Å². The van der Waals surface area contributed by atoms with Crippen molar-refractivity contribution in [3.63, 3.8) is 0 Å². The number of nitrogens with zero attached hydrogens (tertiary/aromatic N) is 1. The lowest BCUT2D eigenvalue weighted by molar-refractivity contribution is 0.0949. The molecule has 4 N–H and O–H groups in total. The average Bonchev–Trinajstić information content (AvgIpc) is 2.51. The van der Waals surface area contributed by atoms with Crippen molar-refractivity contribution in [2.75, 3.05) is 32.8 Å². The highest BCUT2D eigenvalue weighted by molar-refractivity contribution is 5.96. The van der Waals surface area contributed by atoms with Crippen LogP contribution in [0, 0.1) is 0 Å². The second-order valence-corrected chi connectivity index (χ2v) is 4.97. The molecule has 0 aliphatic rings. The lowest BCUT2D eigenvalue weighted by Crippen LogP contribution is -2.35. The molecule has 0 saturated carbocycles. The van der Waals surface area contributed by atoms with Crippen molar-refractivity contribution in [2.24, 2.45) is 12.8 Å². The first kappa shape index (κ1) is 18.2. The standard InChI is InChI=1S/C15H26N4O3/c1-3-4-11-22-13-12(5-10-19(2)15(13)21)14(20)18-9-8-17-7-6-16/h5,10,17H,3-4,6-9,11,16H2,1-2H3,(H,18,20). The molecule has 0 radical (unpaired) electrons. The van der Waals surface area contributed by atoms with Crippen molar-refractivity contribution in [2.45, 2.75) is 19.8 Å². The van der Waals surface area contributed by atoms with Gasteiger partial charge in [-0.3, -0.25) is 9.59 Å². The molecule has 1 rings (SSSR count). The molecule has 0 fully saturated rings. The van der Waals surface area contributed by atoms with E-state index < -0.39 is 0 Å². The van der Waals surface area contributed by atoms with Gasteiger partial charge >= 0.3 is 0 Å². The number of hydrogen-bond donors (Lipinski definition) is 3. The number of aromatic nitrogens is 1. The number of pyridine rings is 1. The quantitative estimate of drug-likeness (QED) is 0.522. The van der Waals surface area contributed by atoms with E-state index in [1.165, 1.54) is 4.57 Å². The summed E-state index contributed by atoms with van der Waals surface area (Å²) in [6, 6.07) is 1.60. The molecule has 1 heterocycles. The fourth-order valence-electron chi connectivity index (χ4n) is 1.83. The summed E-state index contributed by atoms with van der Waals surface area (Å²) in [5.74, 6) is -0.190. The van der Waals surface area contributed by atoms with E-state index in [1.807, 2.05) is 6.92 Å². The smallest absolute Gasteiger partial charge is 0.293 e. The monoisotopic (exact) mass is 310 g/mol. The topological polar surface area (TPSA) is 98.4 Å². The summed E-state index contributed by atoms with van der Waals surface area (Å²) in [7, 11) is 1.63. The third kappa shape index (κ3) is 5.50. The SMILES string of the molecule is CCCCOc1c(C(=O)NCCNCCN)ccn(C)c1=O. The van der Waals surface area contributed by atoms with Crippen molar-refractivity contribution in [1.29, 1.82) is 0 Å². The maximum atomic E-state index is 12.2. The second-order valence-electron chi connectivity index (χ2n) is 4.97. The van der Waals surface area contributed by atoms with Gasteiger partial charge < -0.3 is 25.7 Å². The molecule has 0 saturated heterocycles. The van der Waals surface area contributed by atoms with Crippen LogP contribution in [0.3, 0.4) is 0 Å². The van der Waals surface area contributed by atoms with Crippen LogP contribution in [-0.2, 0) is 7.05 Å². The minimum Gasteiger partial charge on any atom is -0.487 e. The molecule has 0 spiro atoms. The molecule has 0 aliphatic heterocycles. The Kier molecular flexibility index (Phi) is 8.24. The van der Waals surface area contributed by atoms with Crippen molar-refractivity contribution >= 4 is 5.91 Å². The van der Waals surface area contributed by atoms with Crippen LogP contribution in [0.15, 0.2) is 17.1 Å². The Hall–Kier alpha value is -1.86. The van der Waals surface area contributed by atoms with Gasteiger partial charge in [-0.1, -0.05) is 13.3 Å². The molecule has 0 aromatic carbocycles. The highest BCUT2D eigenvalue weighted by Crippen LogP contribution is 2.13. The molecular weight excluding hydrogens is 284 g/mol. The van der Waals surface area contributed by atoms with Gasteiger partial charge in [0.2, 0.25) is 0 Å². The van der Waals surface area contributed by atoms with Crippen LogP contribution in [0.4, 0.5) is 0 Å². The lowest BCUT2D eigenvalue weighted by Gasteiger charge is -2.12. The maximum Gasteiger partial charge on any atom is 0.293 e. The summed E-state index contributed by atoms with van der Waals surface area (Å²) in [5, 5.41) is 5.85. The van der Waals surface area contributed by atoms with Crippen LogP contribution in [0.25, 0.3) is 0 Å². The Morgan fingerprint density at radius 3 is 2.82 bits per heavy atom. The van der Waals surface area contributed by atoms with Crippen molar-refractivity contribution in [3.05, 3.63) is 28.2 Å². The van der Waals surface area contributed by atoms with Gasteiger partial charge in [0.05, 0.1) is 12.2 Å². The van der Waals surface area contributed by atoms with Crippen LogP contribution in [0.2, 0.25) is 0 Å². The summed E-state index contributed by atoms with van der Waals surface area (Å²) in [6.07, 6.45) is 3.36. The number of hydrogen-bond acceptors (Lipinski definition) is 5. The Labute approximate surface area is 130 Å². The lowest BCUT2D eigenvalue weighted by atomic mass is 10.2. The first-order chi connectivity index (χ1) is 10.6. The normalized spacial score (nSPS) is 10.5. The first-order valence-electron chi connectivity index (χ1n) is 7.63. The zero-order valence-corrected chi connectivity index (χ0v) is 13.4. The molecular formula is C15H26N4O3. The van der Waals surface area contributed by atoms with Gasteiger partial charge in [-0.25, -0.2) is 0 Å². The summed E-state index contributed by atoms with van der Waals surface area (Å²) in [4.78, 5) is 24.3. The number of rotatable bonds is 10. The van der Waals surface area contributed by atoms with Gasteiger partial charge in [0, 0.05) is 39.4 Å². The van der Waals surface area contributed by atoms with Crippen molar-refractivity contribution < 1.29 is 9.53 Å². The fourth-order valence-corrected chi connectivity index (χ4v) is 1.83. The average molecular weight is 310 g/mol. The first-order valence-corrected chi connectivity index (χ1v) is 7.63. The third-order valence-electron chi connectivity index (χ3n) is 3.12. The van der Waals surface area contributed by atoms with Crippen LogP contribution in [-0.4, -0.2) is 43.3 Å². The molecule has 0 aliphatic carbocycles. The highest BCUT2D eigenvalue weighted by Gasteiger charge is 2.16. The Morgan fingerprint density at radius 2 is 2.14 bits per heavy atom. The van der Waals surface area contributed by atoms with Crippen molar-refractivity contribution in [3.8, 4) is 5.75 Å². The maximum absolute atomic E-state index is 12.2. The van der Waals surface area contributed by atoms with E-state index in [1.54, 1.807) is 19.3 Å². The minimum atomic E-state index is -0.307. The summed E-state index contributed by atoms with van der Waals surface area (Å²) in [6.45, 7) is 4.80. The van der Waals surface area contributed by atoms with Crippen LogP contribution in [0.1, 0.15) is 30.1 Å². The summed E-state index contributed by atoms with van der Waals surface area (Å²) >= 11 is 0. The Morgan fingerprint density at radius 1 is 1.36 bits per heavy atom. The van der Waals surface area contributed by atoms with Gasteiger partial charge in [-0.2, -0.15) is 0 Å². The highest BCUT2D eigenvalue weighted by atomic mass is 16.5. The number of carbonyl (C=O) groups excluding carboxylic acids is 1. The molecule has 124 valence electrons. The molecule has 7 heteroatoms. The predicted octanol–water partition coefficient (Wildman–Crippen LogP) is -0.158. The summed E-state index contributed by atoms with van der Waals surface area (Å²) < 4.78 is 6.93. The van der Waals surface area contributed by atoms with E-state index in [0.29, 0.717) is 32.8 Å². The second kappa shape index (κ2) is 9.97. The number of ether oxygens (including phenoxy) is 1. The van der Waals surface area contributed by atoms with Gasteiger partial charge in [-0.15, -0.1) is 0 Å². The number of carbonyl (C=O) groups is 1. The Bertz CT molecular complexity index is 528. The van der Waals surface area contributed by atoms with E-state index in [2.05, 4.69) is 10.6 Å². The number of aryl methyl sites for hydroxylation is 1. The third-order valence-corrected chi connectivity index (χ3v) is 3.12. The van der Waals surface area contributed by atoms with Crippen LogP contribution < -0.4 is 26.7 Å². The van der Waals surface area contributed by atoms with Gasteiger partial charge in [0.15, 0.2) is 5.75 Å². The summed E-state index contributed by atoms with van der Waals surface area (Å²) in [5.41, 5.74) is 5.34. The minimum absolute atomic E-state index is 0.117. The largest absolute Gasteiger partial charge is 0.487 e. The molecule has 1 aromatic heterocycles. The predicted molar refractivity (Wildman–Crippen MR) is 86.3 cm³/mol. The molecule has 22 heavy (non-hydrogen) atoms. The van der Waals surface area contributed by atoms with E-state index in [0.717, 1.165) is 12.8 Å². The fraction of sp³-hybridized carbons (Fsp3) is 0.600. The van der Waals surface area contributed by atoms with Gasteiger partial charge in [0.1, 0.15) is 0 Å². The molecule has 1 aromatic rings. The number of nitrogens with one attached hydrogen (secondary N) is 2. The molecule has 7 nitrogen and oxygen atoms in total. The molecule has 0 unspecified atom stereocenters. The number of amides is 1. The van der Waals surface area contributed by atoms with E-state index in [4.69, 9.17) is 10.5 Å². The number of unbranched alkanes of at least 4 members (excludes halogenated alkanes) is 1. The van der Waals surface area contributed by atoms with E-state index in [-0.39, 0.29) is 22.8 Å². The zero-order valence-electron chi connectivity index (χ0n) is 13.4. The van der Waals surface area contributed by atoms with Crippen molar-refractivity contribution in [1.82, 2.24) is 15.2 Å². The molecule has 0 atom stereocenters. The zero-order chi connectivity index (χ0) is 16.4. The molecule has 1 amide bonds. The Balaban J connectivity index is 2.73.